The molecule has 18 atom stereocenters. The average molecular weight is 1830 g/mol. The predicted molar refractivity (Wildman–Crippen MR) is 444 cm³/mol. The Morgan fingerprint density at radius 1 is 0.431 bits per heavy atom. The number of fused-ring (bicyclic) bond motifs is 9. The van der Waals surface area contributed by atoms with Crippen LogP contribution in [0.25, 0.3) is 17.3 Å². The third-order valence-corrected chi connectivity index (χ3v) is 27.0. The Morgan fingerprint density at radius 3 is 1.05 bits per heavy atom. The van der Waals surface area contributed by atoms with Crippen molar-refractivity contribution >= 4 is 69.3 Å². The second kappa shape index (κ2) is 38.4. The van der Waals surface area contributed by atoms with Crippen LogP contribution in [0.1, 0.15) is 123 Å². The van der Waals surface area contributed by atoms with Crippen molar-refractivity contribution < 1.29 is 159 Å². The molecule has 1 heterocycles. The van der Waals surface area contributed by atoms with Crippen molar-refractivity contribution in [3.8, 4) is 17.2 Å². The summed E-state index contributed by atoms with van der Waals surface area (Å²) in [6.07, 6.45) is -4.05. The first-order valence-corrected chi connectivity index (χ1v) is 41.7. The molecule has 0 amide bonds. The molecule has 45 heteroatoms. The zero-order valence-corrected chi connectivity index (χ0v) is 72.0. The number of likely N-dealkylation sites (tertiary alicyclic amines) is 1. The van der Waals surface area contributed by atoms with Crippen LogP contribution in [0.3, 0.4) is 0 Å². The second-order valence-electron chi connectivity index (χ2n) is 34.7. The Balaban J connectivity index is 0.000000189. The van der Waals surface area contributed by atoms with E-state index in [1.165, 1.54) is 86.2 Å². The van der Waals surface area contributed by atoms with Crippen LogP contribution in [-0.2, 0) is 62.5 Å². The van der Waals surface area contributed by atoms with Gasteiger partial charge in [0.25, 0.3) is 20.3 Å². The maximum absolute atomic E-state index is 14.2. The number of unbranched alkanes of at least 4 members (excludes halogenated alkanes) is 2. The maximum atomic E-state index is 14.2. The molecule has 45 nitrogen and oxygen atoms in total. The number of carbonyl (C=O) groups excluding carboxylic acids is 9. The van der Waals surface area contributed by atoms with Crippen molar-refractivity contribution in [2.75, 3.05) is 108 Å². The zero-order chi connectivity index (χ0) is 96.2. The molecule has 18 unspecified atom stereocenters. The molecule has 0 aromatic heterocycles. The van der Waals surface area contributed by atoms with E-state index >= 15 is 0 Å². The highest BCUT2D eigenvalue weighted by Gasteiger charge is 2.72. The number of aromatic hydroxyl groups is 3. The molecule has 130 heavy (non-hydrogen) atoms. The van der Waals surface area contributed by atoms with Gasteiger partial charge >= 0.3 is 0 Å². The number of piperidine rings is 1. The van der Waals surface area contributed by atoms with Crippen LogP contribution in [0.2, 0.25) is 0 Å². The van der Waals surface area contributed by atoms with Crippen LogP contribution < -0.4 is 0 Å². The van der Waals surface area contributed by atoms with E-state index in [0.29, 0.717) is 49.0 Å². The number of phenols is 3. The lowest BCUT2D eigenvalue weighted by Gasteiger charge is -2.53. The van der Waals surface area contributed by atoms with Gasteiger partial charge in [-0.25, -0.2) is 0 Å². The van der Waals surface area contributed by atoms with Gasteiger partial charge in [-0.15, -0.1) is 40.5 Å². The molecule has 1 aliphatic heterocycles. The van der Waals surface area contributed by atoms with Crippen molar-refractivity contribution in [1.29, 1.82) is 0 Å². The molecule has 3 aromatic rings. The molecule has 3 aromatic carbocycles. The first-order valence-electron chi connectivity index (χ1n) is 41.7. The van der Waals surface area contributed by atoms with Crippen LogP contribution in [0.4, 0.5) is 0 Å². The SMILES string of the molecule is CC1c2cccc(O)c2C(O)=C2C(=O)C3(O)C(O)=C(C(=O)CCCCCO[N+](=O)[O-])C(=O)C(N(C)C)C3C(O)C21.CC1c2cccc(O)c2C(O)=C2C(=O)C3(O)C(O)=C(C(=O)CCN(CCO[N+](=O)[O-])CCO[N+](=O)[O-])C(=O)C(N(C)C)C3C(O)C21.CC1c2cccc(O)c2C(O)=C2C(=O)C3(O)C(O)=C(C(=O)CCN4CCC(CO[N+](=O)[O-])CC4)C(=O)C(N(C)C)C3C(O)C21. The number of aliphatic hydroxyl groups excluding tert-OH is 9. The van der Waals surface area contributed by atoms with E-state index in [-0.39, 0.29) is 105 Å². The van der Waals surface area contributed by atoms with Crippen molar-refractivity contribution in [3.05, 3.63) is 179 Å². The molecule has 10 aliphatic rings. The minimum atomic E-state index is -3.05. The summed E-state index contributed by atoms with van der Waals surface area (Å²) >= 11 is 0. The number of phenolic OH excluding ortho intramolecular Hbond substituents is 3. The van der Waals surface area contributed by atoms with E-state index in [1.807, 2.05) is 4.90 Å². The van der Waals surface area contributed by atoms with E-state index in [4.69, 9.17) is 0 Å². The number of aliphatic hydroxyl groups is 12. The lowest BCUT2D eigenvalue weighted by atomic mass is 9.54. The number of hydrogen-bond acceptors (Lipinski definition) is 41. The Hall–Kier alpha value is -12.3. The predicted octanol–water partition coefficient (Wildman–Crippen LogP) is 1.93. The van der Waals surface area contributed by atoms with Gasteiger partial charge in [0, 0.05) is 79.9 Å². The van der Waals surface area contributed by atoms with Crippen LogP contribution in [0.5, 0.6) is 17.2 Å². The molecule has 1 saturated heterocycles. The Kier molecular flexibility index (Phi) is 29.0. The molecule has 0 bridgehead atoms. The number of benzene rings is 3. The van der Waals surface area contributed by atoms with Gasteiger partial charge in [-0.3, -0.25) is 62.8 Å². The van der Waals surface area contributed by atoms with Gasteiger partial charge in [0.1, 0.15) is 81.7 Å². The summed E-state index contributed by atoms with van der Waals surface area (Å²) in [5.41, 5.74) is -11.5. The van der Waals surface area contributed by atoms with Crippen LogP contribution in [0, 0.1) is 81.9 Å². The maximum Gasteiger partial charge on any atom is 0.294 e. The van der Waals surface area contributed by atoms with Gasteiger partial charge in [0.15, 0.2) is 51.5 Å². The smallest absolute Gasteiger partial charge is 0.294 e. The number of rotatable bonds is 30. The fourth-order valence-electron chi connectivity index (χ4n) is 20.8. The third kappa shape index (κ3) is 17.2. The molecule has 15 N–H and O–H groups in total. The molecule has 9 aliphatic carbocycles. The van der Waals surface area contributed by atoms with Crippen LogP contribution in [0.15, 0.2) is 105 Å². The summed E-state index contributed by atoms with van der Waals surface area (Å²) in [5, 5.41) is 208. The van der Waals surface area contributed by atoms with E-state index < -0.39 is 267 Å². The first-order chi connectivity index (χ1) is 61.0. The minimum Gasteiger partial charge on any atom is -0.508 e. The lowest BCUT2D eigenvalue weighted by Crippen LogP contribution is -2.70. The molecule has 3 saturated carbocycles. The monoisotopic (exact) mass is 1830 g/mol. The van der Waals surface area contributed by atoms with Gasteiger partial charge in [0.2, 0.25) is 17.3 Å². The van der Waals surface area contributed by atoms with Gasteiger partial charge in [-0.05, 0) is 140 Å². The van der Waals surface area contributed by atoms with Gasteiger partial charge in [-0.2, -0.15) is 0 Å². The topological polar surface area (TPSA) is 683 Å². The highest BCUT2D eigenvalue weighted by molar-refractivity contribution is 6.28. The third-order valence-electron chi connectivity index (χ3n) is 27.0. The van der Waals surface area contributed by atoms with E-state index in [9.17, 15) is 160 Å². The number of likely N-dealkylation sites (N-methyl/N-ethyl adjacent to an activating group) is 3. The van der Waals surface area contributed by atoms with Gasteiger partial charge < -0.3 is 101 Å². The number of nitrogens with zero attached hydrogens (tertiary/aromatic N) is 9. The number of hydrogen-bond donors (Lipinski definition) is 15. The summed E-state index contributed by atoms with van der Waals surface area (Å²) in [6, 6.07) is 9.12. The van der Waals surface area contributed by atoms with E-state index in [1.54, 1.807) is 51.1 Å². The van der Waals surface area contributed by atoms with Crippen molar-refractivity contribution in [1.82, 2.24) is 24.5 Å². The van der Waals surface area contributed by atoms with E-state index in [0.717, 1.165) is 0 Å². The Morgan fingerprint density at radius 2 is 0.738 bits per heavy atom. The molecule has 13 rings (SSSR count). The molecule has 0 spiro atoms. The summed E-state index contributed by atoms with van der Waals surface area (Å²) in [6.45, 7) is 4.46. The van der Waals surface area contributed by atoms with Crippen molar-refractivity contribution in [3.63, 3.8) is 0 Å². The highest BCUT2D eigenvalue weighted by Crippen LogP contribution is 2.61. The highest BCUT2D eigenvalue weighted by atomic mass is 17.0. The standard InChI is InChI=1S/C30H37N3O11.C28H34N4O14.C27H32N2O11/c1-14-16-5-4-6-17(34)20(16)25(36)22-19(14)26(37)23-24(31(2)3)27(38)21(28(39)30(23,41)29(22)40)18(35)9-12-32-10-7-15(8-11-32)13-44-33(42)43;1-13-14-5-4-6-15(33)18(14)23(35)20-17(13)24(36)21-22(29(2)3)25(37)19(26(38)28(21,40)27(20)39)16(34)7-8-30(9-11-45-31(41)42)10-12-46-32(43)44;1-12-13-8-7-10-14(30)17(13)22(32)19-16(12)23(33)20-21(28(2)3)24(34)18(25(35)27(20,37)26(19)36)15(31)9-5-4-6-11-40-29(38)39/h4-6,14-15,19,23-24,26,34,36-37,39,41H,7-13H2,1-3H3;4-6,13,17,21-22,24,33,35-36,38,40H,7-12H2,1-3H3;7-8,10,12,16,20-21,23,30,32-33,35,37H,4-6,9,11H2,1-3H3. The lowest BCUT2D eigenvalue weighted by molar-refractivity contribution is -0.759. The van der Waals surface area contributed by atoms with Gasteiger partial charge in [0.05, 0.1) is 84.1 Å². The largest absolute Gasteiger partial charge is 0.508 e. The Labute approximate surface area is 739 Å². The summed E-state index contributed by atoms with van der Waals surface area (Å²) in [4.78, 5) is 190. The quantitative estimate of drug-likeness (QED) is 0.0196. The normalized spacial score (nSPS) is 29.3. The fourth-order valence-corrected chi connectivity index (χ4v) is 20.8. The summed E-state index contributed by atoms with van der Waals surface area (Å²) in [5.74, 6) is -25.9. The van der Waals surface area contributed by atoms with E-state index in [2.05, 4.69) is 19.4 Å². The first kappa shape index (κ1) is 98.3. The molecule has 0 radical (unpaired) electrons. The average Bonchev–Trinajstić information content (AvgIpc) is 0.696. The summed E-state index contributed by atoms with van der Waals surface area (Å²) in [7, 11) is 8.77. The molecular formula is C85H103N9O36. The van der Waals surface area contributed by atoms with Crippen molar-refractivity contribution in [2.24, 2.45) is 41.4 Å². The fraction of sp³-hybridized carbons (Fsp3) is 0.541. The summed E-state index contributed by atoms with van der Waals surface area (Å²) < 4.78 is 0. The van der Waals surface area contributed by atoms with Crippen molar-refractivity contribution in [2.45, 2.75) is 143 Å². The molecular weight excluding hydrogens is 1720 g/mol. The van der Waals surface area contributed by atoms with Gasteiger partial charge in [-0.1, -0.05) is 63.6 Å². The van der Waals surface area contributed by atoms with Crippen LogP contribution >= 0.6 is 0 Å². The minimum absolute atomic E-state index is 0.0132. The molecule has 704 valence electrons. The second-order valence-corrected chi connectivity index (χ2v) is 34.7. The number of Topliss-reactive ketones (excluding diaryl/α,β-unsaturated/α-hetero) is 9. The Bertz CT molecular complexity index is 5320. The number of carbonyl (C=O) groups is 9. The zero-order valence-electron chi connectivity index (χ0n) is 72.0. The van der Waals surface area contributed by atoms with Crippen LogP contribution in [-0.4, -0.2) is 335 Å². The molecule has 4 fully saturated rings. The number of ketones is 9.